The van der Waals surface area contributed by atoms with Crippen LogP contribution < -0.4 is 15.4 Å². The number of hydrogen-bond donors (Lipinski definition) is 2. The van der Waals surface area contributed by atoms with Gasteiger partial charge in [-0.1, -0.05) is 0 Å². The Hall–Kier alpha value is -1.26. The van der Waals surface area contributed by atoms with E-state index in [1.165, 1.54) is 19.3 Å². The van der Waals surface area contributed by atoms with Crippen molar-refractivity contribution in [1.82, 2.24) is 5.32 Å². The van der Waals surface area contributed by atoms with Crippen LogP contribution in [0.3, 0.4) is 0 Å². The third kappa shape index (κ3) is 5.70. The molecule has 128 valence electrons. The van der Waals surface area contributed by atoms with Gasteiger partial charge in [0.25, 0.3) is 0 Å². The Balaban J connectivity index is 0.00000192. The maximum Gasteiger partial charge on any atom is 0.224 e. The molecule has 1 amide bonds. The summed E-state index contributed by atoms with van der Waals surface area (Å²) in [6, 6.07) is 7.77. The zero-order valence-electron chi connectivity index (χ0n) is 13.6. The Morgan fingerprint density at radius 2 is 1.91 bits per heavy atom. The van der Waals surface area contributed by atoms with Crippen molar-refractivity contribution in [3.05, 3.63) is 24.3 Å². The van der Waals surface area contributed by atoms with Crippen molar-refractivity contribution in [2.75, 3.05) is 18.4 Å². The lowest BCUT2D eigenvalue weighted by Crippen LogP contribution is -2.15. The lowest BCUT2D eigenvalue weighted by molar-refractivity contribution is -0.116. The number of benzene rings is 1. The fourth-order valence-electron chi connectivity index (χ4n) is 3.34. The molecule has 1 unspecified atom stereocenters. The van der Waals surface area contributed by atoms with Gasteiger partial charge in [-0.05, 0) is 81.8 Å². The SMILES string of the molecule is Cl.O=C(CCC1CCNC1)Nc1ccc(OC2CCCC2)cc1. The maximum absolute atomic E-state index is 12.0. The zero-order chi connectivity index (χ0) is 15.2. The minimum Gasteiger partial charge on any atom is -0.490 e. The summed E-state index contributed by atoms with van der Waals surface area (Å²) in [6.07, 6.45) is 8.02. The van der Waals surface area contributed by atoms with Crippen molar-refractivity contribution in [3.8, 4) is 5.75 Å². The molecule has 23 heavy (non-hydrogen) atoms. The van der Waals surface area contributed by atoms with Crippen LogP contribution in [-0.4, -0.2) is 25.1 Å². The summed E-state index contributed by atoms with van der Waals surface area (Å²) < 4.78 is 5.93. The molecule has 0 spiro atoms. The summed E-state index contributed by atoms with van der Waals surface area (Å²) in [5, 5.41) is 6.31. The van der Waals surface area contributed by atoms with Crippen molar-refractivity contribution in [3.63, 3.8) is 0 Å². The Morgan fingerprint density at radius 3 is 2.57 bits per heavy atom. The van der Waals surface area contributed by atoms with Gasteiger partial charge in [0, 0.05) is 12.1 Å². The number of anilines is 1. The molecule has 1 aromatic rings. The molecule has 2 N–H and O–H groups in total. The fourth-order valence-corrected chi connectivity index (χ4v) is 3.34. The van der Waals surface area contributed by atoms with Gasteiger partial charge >= 0.3 is 0 Å². The van der Waals surface area contributed by atoms with Gasteiger partial charge in [0.2, 0.25) is 5.91 Å². The highest BCUT2D eigenvalue weighted by molar-refractivity contribution is 5.90. The van der Waals surface area contributed by atoms with Crippen molar-refractivity contribution >= 4 is 24.0 Å². The molecule has 5 heteroatoms. The monoisotopic (exact) mass is 338 g/mol. The molecule has 1 aliphatic heterocycles. The maximum atomic E-state index is 12.0. The molecular formula is C18H27ClN2O2. The highest BCUT2D eigenvalue weighted by Gasteiger charge is 2.17. The van der Waals surface area contributed by atoms with Crippen LogP contribution in [0.2, 0.25) is 0 Å². The standard InChI is InChI=1S/C18H26N2O2.ClH/c21-18(10-5-14-11-12-19-13-14)20-15-6-8-17(9-7-15)22-16-3-1-2-4-16;/h6-9,14,16,19H,1-5,10-13H2,(H,20,21);1H. The Morgan fingerprint density at radius 1 is 1.17 bits per heavy atom. The summed E-state index contributed by atoms with van der Waals surface area (Å²) in [5.74, 6) is 1.67. The first-order valence-corrected chi connectivity index (χ1v) is 8.57. The Bertz CT molecular complexity index is 480. The second kappa shape index (κ2) is 9.14. The van der Waals surface area contributed by atoms with Gasteiger partial charge in [0.05, 0.1) is 6.10 Å². The van der Waals surface area contributed by atoms with Crippen LogP contribution >= 0.6 is 12.4 Å². The smallest absolute Gasteiger partial charge is 0.224 e. The number of hydrogen-bond acceptors (Lipinski definition) is 3. The van der Waals surface area contributed by atoms with Crippen LogP contribution in [0.25, 0.3) is 0 Å². The van der Waals surface area contributed by atoms with Gasteiger partial charge in [-0.25, -0.2) is 0 Å². The quantitative estimate of drug-likeness (QED) is 0.830. The number of rotatable bonds is 6. The molecule has 1 saturated carbocycles. The Labute approximate surface area is 144 Å². The normalized spacial score (nSPS) is 21.0. The van der Waals surface area contributed by atoms with E-state index in [2.05, 4.69) is 10.6 Å². The summed E-state index contributed by atoms with van der Waals surface area (Å²) in [6.45, 7) is 2.15. The van der Waals surface area contributed by atoms with Gasteiger partial charge < -0.3 is 15.4 Å². The van der Waals surface area contributed by atoms with E-state index in [1.54, 1.807) is 0 Å². The molecule has 3 rings (SSSR count). The first-order chi connectivity index (χ1) is 10.8. The molecule has 1 heterocycles. The van der Waals surface area contributed by atoms with Gasteiger partial charge in [-0.2, -0.15) is 0 Å². The van der Waals surface area contributed by atoms with Crippen molar-refractivity contribution in [1.29, 1.82) is 0 Å². The van der Waals surface area contributed by atoms with Crippen LogP contribution in [0, 0.1) is 5.92 Å². The van der Waals surface area contributed by atoms with Gasteiger partial charge in [-0.3, -0.25) is 4.79 Å². The van der Waals surface area contributed by atoms with E-state index in [9.17, 15) is 4.79 Å². The molecule has 4 nitrogen and oxygen atoms in total. The molecule has 0 radical (unpaired) electrons. The van der Waals surface area contributed by atoms with Crippen LogP contribution in [0.1, 0.15) is 44.9 Å². The number of nitrogens with one attached hydrogen (secondary N) is 2. The van der Waals surface area contributed by atoms with E-state index in [4.69, 9.17) is 4.74 Å². The second-order valence-corrected chi connectivity index (χ2v) is 6.49. The summed E-state index contributed by atoms with van der Waals surface area (Å²) in [4.78, 5) is 12.0. The van der Waals surface area contributed by atoms with Crippen molar-refractivity contribution < 1.29 is 9.53 Å². The third-order valence-electron chi connectivity index (χ3n) is 4.69. The Kier molecular flexibility index (Phi) is 7.18. The molecule has 1 atom stereocenters. The lowest BCUT2D eigenvalue weighted by atomic mass is 10.0. The molecule has 2 aliphatic rings. The first-order valence-electron chi connectivity index (χ1n) is 8.57. The van der Waals surface area contributed by atoms with E-state index in [0.29, 0.717) is 18.4 Å². The summed E-state index contributed by atoms with van der Waals surface area (Å²) >= 11 is 0. The van der Waals surface area contributed by atoms with Gasteiger partial charge in [-0.15, -0.1) is 12.4 Å². The average Bonchev–Trinajstić information content (AvgIpc) is 3.20. The number of ether oxygens (including phenoxy) is 1. The van der Waals surface area contributed by atoms with E-state index in [-0.39, 0.29) is 18.3 Å². The van der Waals surface area contributed by atoms with Gasteiger partial charge in [0.1, 0.15) is 5.75 Å². The summed E-state index contributed by atoms with van der Waals surface area (Å²) in [5.41, 5.74) is 0.855. The molecule has 0 bridgehead atoms. The lowest BCUT2D eigenvalue weighted by Gasteiger charge is -2.13. The summed E-state index contributed by atoms with van der Waals surface area (Å²) in [7, 11) is 0. The minimum absolute atomic E-state index is 0. The molecule has 0 aromatic heterocycles. The molecule has 1 saturated heterocycles. The second-order valence-electron chi connectivity index (χ2n) is 6.49. The highest BCUT2D eigenvalue weighted by atomic mass is 35.5. The first kappa shape index (κ1) is 18.1. The van der Waals surface area contributed by atoms with Crippen molar-refractivity contribution in [2.24, 2.45) is 5.92 Å². The predicted molar refractivity (Wildman–Crippen MR) is 95.4 cm³/mol. The van der Waals surface area contributed by atoms with Crippen LogP contribution in [0.4, 0.5) is 5.69 Å². The van der Waals surface area contributed by atoms with Gasteiger partial charge in [0.15, 0.2) is 0 Å². The largest absolute Gasteiger partial charge is 0.490 e. The minimum atomic E-state index is 0. The van der Waals surface area contributed by atoms with E-state index < -0.39 is 0 Å². The van der Waals surface area contributed by atoms with Crippen LogP contribution in [0.15, 0.2) is 24.3 Å². The van der Waals surface area contributed by atoms with E-state index in [1.807, 2.05) is 24.3 Å². The van der Waals surface area contributed by atoms with Crippen LogP contribution in [-0.2, 0) is 4.79 Å². The topological polar surface area (TPSA) is 50.4 Å². The van der Waals surface area contributed by atoms with E-state index in [0.717, 1.165) is 43.8 Å². The average molecular weight is 339 g/mol. The fraction of sp³-hybridized carbons (Fsp3) is 0.611. The molecule has 2 fully saturated rings. The van der Waals surface area contributed by atoms with Crippen molar-refractivity contribution in [2.45, 2.75) is 51.0 Å². The van der Waals surface area contributed by atoms with E-state index >= 15 is 0 Å². The number of carbonyl (C=O) groups is 1. The number of carbonyl (C=O) groups excluding carboxylic acids is 1. The zero-order valence-corrected chi connectivity index (χ0v) is 14.4. The number of halogens is 1. The molecule has 1 aromatic carbocycles. The molecular weight excluding hydrogens is 312 g/mol. The van der Waals surface area contributed by atoms with Crippen LogP contribution in [0.5, 0.6) is 5.75 Å². The predicted octanol–water partition coefficient (Wildman–Crippen LogP) is 3.76. The third-order valence-corrected chi connectivity index (χ3v) is 4.69. The molecule has 1 aliphatic carbocycles. The number of amides is 1. The highest BCUT2D eigenvalue weighted by Crippen LogP contribution is 2.25.